The highest BCUT2D eigenvalue weighted by atomic mass is 16.6. The van der Waals surface area contributed by atoms with Gasteiger partial charge in [0.2, 0.25) is 6.04 Å². The van der Waals surface area contributed by atoms with E-state index in [4.69, 9.17) is 4.74 Å². The second-order valence-electron chi connectivity index (χ2n) is 7.16. The van der Waals surface area contributed by atoms with Gasteiger partial charge in [-0.15, -0.1) is 0 Å². The van der Waals surface area contributed by atoms with Crippen molar-refractivity contribution in [1.82, 2.24) is 0 Å². The minimum atomic E-state index is -0.796. The van der Waals surface area contributed by atoms with Crippen molar-refractivity contribution in [1.29, 1.82) is 5.26 Å². The van der Waals surface area contributed by atoms with E-state index in [0.717, 1.165) is 35.3 Å². The predicted molar refractivity (Wildman–Crippen MR) is 114 cm³/mol. The molecule has 2 aromatic rings. The fourth-order valence-corrected chi connectivity index (χ4v) is 3.41. The molecule has 0 spiro atoms. The molecule has 1 aliphatic heterocycles. The average Bonchev–Trinajstić information content (AvgIpc) is 3.19. The Hall–Kier alpha value is -3.66. The quantitative estimate of drug-likeness (QED) is 0.382. The van der Waals surface area contributed by atoms with Gasteiger partial charge in [0.15, 0.2) is 0 Å². The monoisotopic (exact) mass is 405 g/mol. The second-order valence-corrected chi connectivity index (χ2v) is 7.16. The largest absolute Gasteiger partial charge is 0.462 e. The van der Waals surface area contributed by atoms with E-state index in [-0.39, 0.29) is 10.9 Å². The number of ether oxygens (including phenoxy) is 1. The molecule has 0 amide bonds. The number of hydrogen-bond acceptors (Lipinski definition) is 6. The number of nitriles is 1. The van der Waals surface area contributed by atoms with E-state index in [1.807, 2.05) is 24.0 Å². The molecular formula is C23H23N3O4. The van der Waals surface area contributed by atoms with Gasteiger partial charge in [-0.05, 0) is 60.4 Å². The average molecular weight is 405 g/mol. The lowest BCUT2D eigenvalue weighted by atomic mass is 10.0. The molecule has 1 unspecified atom stereocenters. The summed E-state index contributed by atoms with van der Waals surface area (Å²) in [5, 5.41) is 20.5. The van der Waals surface area contributed by atoms with Crippen LogP contribution in [0, 0.1) is 21.4 Å². The molecule has 0 saturated heterocycles. The standard InChI is InChI=1S/C23H23N3O4/c1-3-11-30-23(27)19-5-4-6-21(14-19)25-10-9-18-12-17(8-7-16(2)26(28)29)13-20(15-24)22(18)25/h4-8,12-14,16H,3,9-11H2,1-2H3. The summed E-state index contributed by atoms with van der Waals surface area (Å²) in [6.07, 6.45) is 4.69. The molecule has 0 radical (unpaired) electrons. The van der Waals surface area contributed by atoms with Crippen LogP contribution in [0.3, 0.4) is 0 Å². The molecule has 0 aromatic heterocycles. The van der Waals surface area contributed by atoms with E-state index in [2.05, 4.69) is 6.07 Å². The Balaban J connectivity index is 1.92. The van der Waals surface area contributed by atoms with Crippen LogP contribution in [0.2, 0.25) is 0 Å². The van der Waals surface area contributed by atoms with Crippen molar-refractivity contribution in [3.05, 3.63) is 74.8 Å². The zero-order valence-corrected chi connectivity index (χ0v) is 17.0. The van der Waals surface area contributed by atoms with Gasteiger partial charge in [0.05, 0.1) is 23.4 Å². The second kappa shape index (κ2) is 9.23. The maximum absolute atomic E-state index is 12.2. The predicted octanol–water partition coefficient (Wildman–Crippen LogP) is 4.50. The van der Waals surface area contributed by atoms with Crippen LogP contribution in [0.15, 0.2) is 42.5 Å². The summed E-state index contributed by atoms with van der Waals surface area (Å²) in [6, 6.07) is 12.3. The highest BCUT2D eigenvalue weighted by Crippen LogP contribution is 2.38. The van der Waals surface area contributed by atoms with Crippen LogP contribution >= 0.6 is 0 Å². The molecule has 1 aliphatic rings. The SMILES string of the molecule is CCCOC(=O)c1cccc(N2CCc3cc(C=CC(C)[N+](=O)[O-])cc(C#N)c32)c1. The number of anilines is 2. The van der Waals surface area contributed by atoms with Gasteiger partial charge in [0, 0.05) is 24.1 Å². The maximum atomic E-state index is 12.2. The van der Waals surface area contributed by atoms with Crippen molar-refractivity contribution in [3.8, 4) is 6.07 Å². The van der Waals surface area contributed by atoms with Gasteiger partial charge in [-0.3, -0.25) is 10.1 Å². The molecule has 154 valence electrons. The van der Waals surface area contributed by atoms with E-state index in [1.54, 1.807) is 30.3 Å². The molecule has 0 N–H and O–H groups in total. The highest BCUT2D eigenvalue weighted by Gasteiger charge is 2.25. The van der Waals surface area contributed by atoms with E-state index >= 15 is 0 Å². The smallest absolute Gasteiger partial charge is 0.338 e. The number of nitro groups is 1. The number of esters is 1. The zero-order chi connectivity index (χ0) is 21.7. The van der Waals surface area contributed by atoms with Gasteiger partial charge in [-0.1, -0.05) is 19.1 Å². The molecule has 7 nitrogen and oxygen atoms in total. The van der Waals surface area contributed by atoms with E-state index < -0.39 is 6.04 Å². The fraction of sp³-hybridized carbons (Fsp3) is 0.304. The number of benzene rings is 2. The first-order chi connectivity index (χ1) is 14.4. The molecule has 2 aromatic carbocycles. The summed E-state index contributed by atoms with van der Waals surface area (Å²) in [4.78, 5) is 24.7. The van der Waals surface area contributed by atoms with Crippen LogP contribution in [0.4, 0.5) is 11.4 Å². The summed E-state index contributed by atoms with van der Waals surface area (Å²) in [5.74, 6) is -0.362. The molecule has 1 heterocycles. The van der Waals surface area contributed by atoms with Gasteiger partial charge >= 0.3 is 5.97 Å². The van der Waals surface area contributed by atoms with E-state index in [9.17, 15) is 20.2 Å². The minimum Gasteiger partial charge on any atom is -0.462 e. The van der Waals surface area contributed by atoms with Crippen molar-refractivity contribution >= 4 is 23.4 Å². The van der Waals surface area contributed by atoms with E-state index in [1.165, 1.54) is 13.0 Å². The fourth-order valence-electron chi connectivity index (χ4n) is 3.41. The summed E-state index contributed by atoms with van der Waals surface area (Å²) < 4.78 is 5.22. The Kier molecular flexibility index (Phi) is 6.48. The van der Waals surface area contributed by atoms with Gasteiger partial charge in [-0.2, -0.15) is 5.26 Å². The topological polar surface area (TPSA) is 96.5 Å². The molecule has 0 saturated carbocycles. The van der Waals surface area contributed by atoms with Crippen LogP contribution in [-0.2, 0) is 11.2 Å². The lowest BCUT2D eigenvalue weighted by molar-refractivity contribution is -0.504. The van der Waals surface area contributed by atoms with Gasteiger partial charge in [-0.25, -0.2) is 4.79 Å². The number of carbonyl (C=O) groups is 1. The van der Waals surface area contributed by atoms with Crippen LogP contribution < -0.4 is 4.90 Å². The molecule has 0 bridgehead atoms. The number of fused-ring (bicyclic) bond motifs is 1. The van der Waals surface area contributed by atoms with Gasteiger partial charge in [0.1, 0.15) is 6.07 Å². The summed E-state index contributed by atoms with van der Waals surface area (Å²) in [5.41, 5.74) is 4.37. The number of nitrogens with zero attached hydrogens (tertiary/aromatic N) is 3. The highest BCUT2D eigenvalue weighted by molar-refractivity contribution is 5.91. The summed E-state index contributed by atoms with van der Waals surface area (Å²) in [6.45, 7) is 4.50. The first kappa shape index (κ1) is 21.1. The van der Waals surface area contributed by atoms with Crippen LogP contribution in [0.1, 0.15) is 47.3 Å². The van der Waals surface area contributed by atoms with E-state index in [0.29, 0.717) is 24.3 Å². The van der Waals surface area contributed by atoms with Crippen LogP contribution in [-0.4, -0.2) is 30.1 Å². The Labute approximate surface area is 175 Å². The van der Waals surface area contributed by atoms with Crippen molar-refractivity contribution in [3.63, 3.8) is 0 Å². The number of carbonyl (C=O) groups excluding carboxylic acids is 1. The normalized spacial score (nSPS) is 13.7. The lowest BCUT2D eigenvalue weighted by Crippen LogP contribution is -2.15. The van der Waals surface area contributed by atoms with Crippen molar-refractivity contribution in [2.75, 3.05) is 18.1 Å². The molecule has 1 atom stereocenters. The molecular weight excluding hydrogens is 382 g/mol. The third-order valence-electron chi connectivity index (χ3n) is 4.94. The maximum Gasteiger partial charge on any atom is 0.338 e. The van der Waals surface area contributed by atoms with Crippen molar-refractivity contribution < 1.29 is 14.5 Å². The molecule has 30 heavy (non-hydrogen) atoms. The van der Waals surface area contributed by atoms with Gasteiger partial charge in [0.25, 0.3) is 0 Å². The van der Waals surface area contributed by atoms with Crippen molar-refractivity contribution in [2.45, 2.75) is 32.7 Å². The first-order valence-corrected chi connectivity index (χ1v) is 9.88. The summed E-state index contributed by atoms with van der Waals surface area (Å²) >= 11 is 0. The number of hydrogen-bond donors (Lipinski definition) is 0. The molecule has 7 heteroatoms. The van der Waals surface area contributed by atoms with Gasteiger partial charge < -0.3 is 9.64 Å². The Bertz CT molecular complexity index is 1040. The van der Waals surface area contributed by atoms with Crippen LogP contribution in [0.25, 0.3) is 6.08 Å². The number of rotatable bonds is 7. The Morgan fingerprint density at radius 2 is 2.20 bits per heavy atom. The Morgan fingerprint density at radius 1 is 1.40 bits per heavy atom. The molecule has 3 rings (SSSR count). The zero-order valence-electron chi connectivity index (χ0n) is 17.0. The third kappa shape index (κ3) is 4.49. The van der Waals surface area contributed by atoms with Crippen molar-refractivity contribution in [2.24, 2.45) is 0 Å². The summed E-state index contributed by atoms with van der Waals surface area (Å²) in [7, 11) is 0. The first-order valence-electron chi connectivity index (χ1n) is 9.88. The molecule has 0 fully saturated rings. The lowest BCUT2D eigenvalue weighted by Gasteiger charge is -2.21. The minimum absolute atomic E-state index is 0.362. The third-order valence-corrected chi connectivity index (χ3v) is 4.94. The van der Waals surface area contributed by atoms with Crippen LogP contribution in [0.5, 0.6) is 0 Å². The Morgan fingerprint density at radius 3 is 2.90 bits per heavy atom. The molecule has 0 aliphatic carbocycles.